The van der Waals surface area contributed by atoms with Gasteiger partial charge in [0.05, 0.1) is 12.1 Å². The van der Waals surface area contributed by atoms with Crippen LogP contribution in [-0.4, -0.2) is 36.2 Å². The van der Waals surface area contributed by atoms with E-state index >= 15 is 0 Å². The molecule has 1 aliphatic heterocycles. The number of carbonyl (C=O) groups excluding carboxylic acids is 1. The smallest absolute Gasteiger partial charge is 0.237 e. The maximum Gasteiger partial charge on any atom is 0.237 e. The van der Waals surface area contributed by atoms with Crippen LogP contribution >= 0.6 is 0 Å². The molecule has 1 heterocycles. The van der Waals surface area contributed by atoms with Crippen molar-refractivity contribution in [1.82, 2.24) is 10.6 Å². The molecule has 0 saturated carbocycles. The van der Waals surface area contributed by atoms with Crippen LogP contribution in [0.4, 0.5) is 0 Å². The van der Waals surface area contributed by atoms with E-state index in [2.05, 4.69) is 10.6 Å². The van der Waals surface area contributed by atoms with Crippen LogP contribution in [0, 0.1) is 0 Å². The lowest BCUT2D eigenvalue weighted by Crippen LogP contribution is -2.42. The van der Waals surface area contributed by atoms with E-state index in [1.807, 2.05) is 0 Å². The Balaban J connectivity index is 2.18. The molecule has 0 bridgehead atoms. The van der Waals surface area contributed by atoms with Crippen molar-refractivity contribution in [3.8, 4) is 0 Å². The highest BCUT2D eigenvalue weighted by Gasteiger charge is 2.21. The lowest BCUT2D eigenvalue weighted by atomic mass is 10.2. The van der Waals surface area contributed by atoms with Crippen LogP contribution in [0.2, 0.25) is 0 Å². The predicted molar refractivity (Wildman–Crippen MR) is 45.7 cm³/mol. The molecular formula is C8H16N2O2. The van der Waals surface area contributed by atoms with E-state index in [4.69, 9.17) is 5.11 Å². The van der Waals surface area contributed by atoms with Crippen molar-refractivity contribution in [2.24, 2.45) is 0 Å². The molecule has 0 aromatic heterocycles. The molecule has 1 amide bonds. The molecule has 0 aromatic rings. The zero-order chi connectivity index (χ0) is 8.97. The highest BCUT2D eigenvalue weighted by molar-refractivity contribution is 5.81. The van der Waals surface area contributed by atoms with Gasteiger partial charge < -0.3 is 15.7 Å². The third-order valence-electron chi connectivity index (χ3n) is 1.95. The van der Waals surface area contributed by atoms with E-state index in [0.29, 0.717) is 6.54 Å². The molecule has 1 rings (SSSR count). The van der Waals surface area contributed by atoms with Crippen molar-refractivity contribution in [1.29, 1.82) is 0 Å². The number of aliphatic hydroxyl groups excluding tert-OH is 1. The number of hydrogen-bond donors (Lipinski definition) is 3. The monoisotopic (exact) mass is 172 g/mol. The summed E-state index contributed by atoms with van der Waals surface area (Å²) in [4.78, 5) is 11.3. The first kappa shape index (κ1) is 9.48. The third kappa shape index (κ3) is 2.79. The normalized spacial score (nSPS) is 25.3. The molecule has 1 fully saturated rings. The molecule has 2 atom stereocenters. The first-order valence-corrected chi connectivity index (χ1v) is 4.39. The van der Waals surface area contributed by atoms with Gasteiger partial charge in [-0.25, -0.2) is 0 Å². The van der Waals surface area contributed by atoms with Gasteiger partial charge in [0, 0.05) is 6.54 Å². The summed E-state index contributed by atoms with van der Waals surface area (Å²) >= 11 is 0. The topological polar surface area (TPSA) is 61.4 Å². The van der Waals surface area contributed by atoms with Crippen LogP contribution in [0.25, 0.3) is 0 Å². The molecule has 1 saturated heterocycles. The fraction of sp³-hybridized carbons (Fsp3) is 0.875. The molecule has 0 unspecified atom stereocenters. The van der Waals surface area contributed by atoms with E-state index in [-0.39, 0.29) is 11.9 Å². The Morgan fingerprint density at radius 1 is 1.83 bits per heavy atom. The lowest BCUT2D eigenvalue weighted by molar-refractivity contribution is -0.123. The zero-order valence-corrected chi connectivity index (χ0v) is 7.34. The Labute approximate surface area is 72.3 Å². The first-order valence-electron chi connectivity index (χ1n) is 4.39. The Hall–Kier alpha value is -0.610. The van der Waals surface area contributed by atoms with E-state index in [1.54, 1.807) is 6.92 Å². The molecule has 4 nitrogen and oxygen atoms in total. The maximum absolute atomic E-state index is 11.3. The van der Waals surface area contributed by atoms with Crippen LogP contribution < -0.4 is 10.6 Å². The molecule has 4 heteroatoms. The molecule has 0 aliphatic carbocycles. The molecule has 12 heavy (non-hydrogen) atoms. The first-order chi connectivity index (χ1) is 5.70. The van der Waals surface area contributed by atoms with Crippen molar-refractivity contribution in [3.63, 3.8) is 0 Å². The number of rotatable bonds is 3. The maximum atomic E-state index is 11.3. The number of carbonyl (C=O) groups is 1. The van der Waals surface area contributed by atoms with E-state index in [1.165, 1.54) is 0 Å². The van der Waals surface area contributed by atoms with Crippen molar-refractivity contribution in [3.05, 3.63) is 0 Å². The Morgan fingerprint density at radius 2 is 2.58 bits per heavy atom. The summed E-state index contributed by atoms with van der Waals surface area (Å²) in [5.41, 5.74) is 0. The standard InChI is InChI=1S/C8H16N2O2/c1-6(11)5-10-8(12)7-3-2-4-9-7/h6-7,9,11H,2-5H2,1H3,(H,10,12)/t6-,7-/m1/s1. The van der Waals surface area contributed by atoms with Gasteiger partial charge in [-0.05, 0) is 26.3 Å². The Kier molecular flexibility index (Phi) is 3.49. The average Bonchev–Trinajstić information content (AvgIpc) is 2.51. The predicted octanol–water partition coefficient (Wildman–Crippen LogP) is -0.765. The molecule has 70 valence electrons. The van der Waals surface area contributed by atoms with Gasteiger partial charge in [0.1, 0.15) is 0 Å². The number of nitrogens with one attached hydrogen (secondary N) is 2. The Bertz CT molecular complexity index is 153. The van der Waals surface area contributed by atoms with E-state index in [0.717, 1.165) is 19.4 Å². The molecule has 1 aliphatic rings. The van der Waals surface area contributed by atoms with Gasteiger partial charge in [-0.3, -0.25) is 4.79 Å². The quantitative estimate of drug-likeness (QED) is 0.524. The van der Waals surface area contributed by atoms with Crippen LogP contribution in [0.5, 0.6) is 0 Å². The van der Waals surface area contributed by atoms with Crippen molar-refractivity contribution in [2.45, 2.75) is 31.9 Å². The van der Waals surface area contributed by atoms with Gasteiger partial charge >= 0.3 is 0 Å². The summed E-state index contributed by atoms with van der Waals surface area (Å²) in [6, 6.07) is -0.0382. The molecule has 3 N–H and O–H groups in total. The minimum absolute atomic E-state index is 0.00778. The summed E-state index contributed by atoms with van der Waals surface area (Å²) < 4.78 is 0. The summed E-state index contributed by atoms with van der Waals surface area (Å²) in [5, 5.41) is 14.7. The van der Waals surface area contributed by atoms with Crippen LogP contribution in [-0.2, 0) is 4.79 Å². The van der Waals surface area contributed by atoms with Gasteiger partial charge in [0.2, 0.25) is 5.91 Å². The average molecular weight is 172 g/mol. The second-order valence-electron chi connectivity index (χ2n) is 3.24. The second kappa shape index (κ2) is 4.42. The highest BCUT2D eigenvalue weighted by Crippen LogP contribution is 2.04. The minimum atomic E-state index is -0.463. The molecular weight excluding hydrogens is 156 g/mol. The van der Waals surface area contributed by atoms with Crippen LogP contribution in [0.15, 0.2) is 0 Å². The number of amides is 1. The zero-order valence-electron chi connectivity index (χ0n) is 7.34. The van der Waals surface area contributed by atoms with Crippen molar-refractivity contribution in [2.75, 3.05) is 13.1 Å². The fourth-order valence-corrected chi connectivity index (χ4v) is 1.28. The summed E-state index contributed by atoms with van der Waals surface area (Å²) in [6.45, 7) is 2.92. The Morgan fingerprint density at radius 3 is 3.08 bits per heavy atom. The van der Waals surface area contributed by atoms with Gasteiger partial charge in [-0.1, -0.05) is 0 Å². The summed E-state index contributed by atoms with van der Waals surface area (Å²) in [5.74, 6) is 0.00778. The third-order valence-corrected chi connectivity index (χ3v) is 1.95. The molecule has 0 aromatic carbocycles. The van der Waals surface area contributed by atoms with Crippen LogP contribution in [0.3, 0.4) is 0 Å². The molecule has 0 spiro atoms. The lowest BCUT2D eigenvalue weighted by Gasteiger charge is -2.11. The van der Waals surface area contributed by atoms with Gasteiger partial charge in [-0.2, -0.15) is 0 Å². The fourth-order valence-electron chi connectivity index (χ4n) is 1.28. The summed E-state index contributed by atoms with van der Waals surface area (Å²) in [6.07, 6.45) is 1.51. The van der Waals surface area contributed by atoms with E-state index < -0.39 is 6.10 Å². The van der Waals surface area contributed by atoms with E-state index in [9.17, 15) is 4.79 Å². The number of aliphatic hydroxyl groups is 1. The SMILES string of the molecule is C[C@@H](O)CNC(=O)[C@H]1CCCN1. The van der Waals surface area contributed by atoms with Gasteiger partial charge in [-0.15, -0.1) is 0 Å². The van der Waals surface area contributed by atoms with Crippen LogP contribution in [0.1, 0.15) is 19.8 Å². The molecule has 0 radical (unpaired) electrons. The van der Waals surface area contributed by atoms with Gasteiger partial charge in [0.15, 0.2) is 0 Å². The minimum Gasteiger partial charge on any atom is -0.392 e. The van der Waals surface area contributed by atoms with Crippen molar-refractivity contribution >= 4 is 5.91 Å². The van der Waals surface area contributed by atoms with Crippen molar-refractivity contribution < 1.29 is 9.90 Å². The second-order valence-corrected chi connectivity index (χ2v) is 3.24. The van der Waals surface area contributed by atoms with Gasteiger partial charge in [0.25, 0.3) is 0 Å². The summed E-state index contributed by atoms with van der Waals surface area (Å²) in [7, 11) is 0. The largest absolute Gasteiger partial charge is 0.392 e. The highest BCUT2D eigenvalue weighted by atomic mass is 16.3. The number of hydrogen-bond acceptors (Lipinski definition) is 3.